The van der Waals surface area contributed by atoms with E-state index in [1.807, 2.05) is 0 Å². The Labute approximate surface area is 151 Å². The molecule has 0 bridgehead atoms. The zero-order valence-electron chi connectivity index (χ0n) is 12.8. The lowest BCUT2D eigenvalue weighted by Gasteiger charge is -2.12. The summed E-state index contributed by atoms with van der Waals surface area (Å²) in [7, 11) is 1.51. The van der Waals surface area contributed by atoms with Crippen molar-refractivity contribution in [1.29, 1.82) is 5.26 Å². The summed E-state index contributed by atoms with van der Waals surface area (Å²) >= 11 is 12.1. The van der Waals surface area contributed by atoms with Crippen LogP contribution in [0.5, 0.6) is 11.5 Å². The van der Waals surface area contributed by atoms with Gasteiger partial charge in [-0.25, -0.2) is 0 Å². The SMILES string of the molecule is C#CCOc1c(Cl)cc(/C=C(/C#N)c2ccc(Cl)cc2)cc1OC. The van der Waals surface area contributed by atoms with Gasteiger partial charge < -0.3 is 9.47 Å². The Bertz CT molecular complexity index is 843. The number of benzene rings is 2. The number of rotatable bonds is 5. The van der Waals surface area contributed by atoms with Crippen molar-refractivity contribution in [1.82, 2.24) is 0 Å². The fraction of sp³-hybridized carbons (Fsp3) is 0.105. The molecule has 0 aliphatic heterocycles. The van der Waals surface area contributed by atoms with E-state index in [0.717, 1.165) is 5.56 Å². The quantitative estimate of drug-likeness (QED) is 0.425. The third kappa shape index (κ3) is 4.24. The summed E-state index contributed by atoms with van der Waals surface area (Å²) in [6.07, 6.45) is 6.90. The highest BCUT2D eigenvalue weighted by Gasteiger charge is 2.12. The van der Waals surface area contributed by atoms with Crippen molar-refractivity contribution in [2.45, 2.75) is 0 Å². The van der Waals surface area contributed by atoms with Crippen molar-refractivity contribution in [3.05, 3.63) is 57.6 Å². The van der Waals surface area contributed by atoms with Crippen LogP contribution < -0.4 is 9.47 Å². The monoisotopic (exact) mass is 357 g/mol. The highest BCUT2D eigenvalue weighted by molar-refractivity contribution is 6.32. The van der Waals surface area contributed by atoms with E-state index < -0.39 is 0 Å². The number of hydrogen-bond donors (Lipinski definition) is 0. The number of methoxy groups -OCH3 is 1. The van der Waals surface area contributed by atoms with E-state index in [-0.39, 0.29) is 6.61 Å². The number of nitrogens with zero attached hydrogens (tertiary/aromatic N) is 1. The third-order valence-corrected chi connectivity index (χ3v) is 3.67. The van der Waals surface area contributed by atoms with Crippen molar-refractivity contribution in [2.75, 3.05) is 13.7 Å². The van der Waals surface area contributed by atoms with Crippen molar-refractivity contribution in [3.8, 4) is 29.9 Å². The third-order valence-electron chi connectivity index (χ3n) is 3.14. The molecule has 0 unspecified atom stereocenters. The predicted molar refractivity (Wildman–Crippen MR) is 97.3 cm³/mol. The van der Waals surface area contributed by atoms with Crippen LogP contribution in [-0.2, 0) is 0 Å². The Morgan fingerprint density at radius 1 is 1.25 bits per heavy atom. The highest BCUT2D eigenvalue weighted by Crippen LogP contribution is 2.37. The highest BCUT2D eigenvalue weighted by atomic mass is 35.5. The molecule has 0 aliphatic carbocycles. The van der Waals surface area contributed by atoms with Crippen LogP contribution in [0.25, 0.3) is 11.6 Å². The molecule has 5 heteroatoms. The van der Waals surface area contributed by atoms with E-state index in [1.165, 1.54) is 7.11 Å². The molecule has 2 aromatic carbocycles. The maximum absolute atomic E-state index is 9.41. The van der Waals surface area contributed by atoms with Crippen molar-refractivity contribution in [2.24, 2.45) is 0 Å². The molecule has 2 rings (SSSR count). The van der Waals surface area contributed by atoms with E-state index in [9.17, 15) is 5.26 Å². The fourth-order valence-electron chi connectivity index (χ4n) is 2.05. The summed E-state index contributed by atoms with van der Waals surface area (Å²) in [6.45, 7) is 0.0828. The first-order chi connectivity index (χ1) is 11.6. The molecular weight excluding hydrogens is 345 g/mol. The predicted octanol–water partition coefficient (Wildman–Crippen LogP) is 5.08. The van der Waals surface area contributed by atoms with Crippen LogP contribution in [0.4, 0.5) is 0 Å². The molecule has 0 saturated carbocycles. The van der Waals surface area contributed by atoms with Crippen molar-refractivity contribution >= 4 is 34.9 Å². The van der Waals surface area contributed by atoms with Gasteiger partial charge in [-0.3, -0.25) is 0 Å². The lowest BCUT2D eigenvalue weighted by atomic mass is 10.0. The Kier molecular flexibility index (Phi) is 6.15. The minimum absolute atomic E-state index is 0.0828. The van der Waals surface area contributed by atoms with Gasteiger partial charge in [-0.15, -0.1) is 6.42 Å². The first kappa shape index (κ1) is 17.8. The molecule has 3 nitrogen and oxygen atoms in total. The van der Waals surface area contributed by atoms with Gasteiger partial charge >= 0.3 is 0 Å². The average Bonchev–Trinajstić information content (AvgIpc) is 2.59. The molecule has 24 heavy (non-hydrogen) atoms. The molecule has 0 heterocycles. The summed E-state index contributed by atoms with van der Waals surface area (Å²) in [5.41, 5.74) is 1.93. The Balaban J connectivity index is 2.44. The molecule has 0 aromatic heterocycles. The van der Waals surface area contributed by atoms with Gasteiger partial charge in [-0.2, -0.15) is 5.26 Å². The van der Waals surface area contributed by atoms with Crippen LogP contribution >= 0.6 is 23.2 Å². The first-order valence-corrected chi connectivity index (χ1v) is 7.66. The molecule has 0 radical (unpaired) electrons. The molecule has 0 N–H and O–H groups in total. The van der Waals surface area contributed by atoms with Gasteiger partial charge in [0.25, 0.3) is 0 Å². The van der Waals surface area contributed by atoms with Gasteiger partial charge in [0, 0.05) is 5.02 Å². The second kappa shape index (κ2) is 8.31. The van der Waals surface area contributed by atoms with Crippen molar-refractivity contribution in [3.63, 3.8) is 0 Å². The number of ether oxygens (including phenoxy) is 2. The molecule has 0 spiro atoms. The van der Waals surface area contributed by atoms with Gasteiger partial charge in [0.2, 0.25) is 0 Å². The summed E-state index contributed by atoms with van der Waals surface area (Å²) in [4.78, 5) is 0. The second-order valence-electron chi connectivity index (χ2n) is 4.70. The van der Waals surface area contributed by atoms with E-state index in [4.69, 9.17) is 39.1 Å². The Morgan fingerprint density at radius 2 is 1.96 bits per heavy atom. The van der Waals surface area contributed by atoms with Crippen molar-refractivity contribution < 1.29 is 9.47 Å². The van der Waals surface area contributed by atoms with Gasteiger partial charge in [0.1, 0.15) is 6.61 Å². The molecule has 0 amide bonds. The molecule has 120 valence electrons. The first-order valence-electron chi connectivity index (χ1n) is 6.90. The average molecular weight is 358 g/mol. The lowest BCUT2D eigenvalue weighted by Crippen LogP contribution is -1.98. The van der Waals surface area contributed by atoms with Crippen LogP contribution in [-0.4, -0.2) is 13.7 Å². The smallest absolute Gasteiger partial charge is 0.181 e. The normalized spacial score (nSPS) is 10.6. The molecular formula is C19H13Cl2NO2. The van der Waals surface area contributed by atoms with Gasteiger partial charge in [0.15, 0.2) is 11.5 Å². The van der Waals surface area contributed by atoms with E-state index in [0.29, 0.717) is 32.7 Å². The van der Waals surface area contributed by atoms with Gasteiger partial charge in [-0.05, 0) is 41.5 Å². The van der Waals surface area contributed by atoms with Crippen LogP contribution in [0.3, 0.4) is 0 Å². The maximum Gasteiger partial charge on any atom is 0.181 e. The number of hydrogen-bond acceptors (Lipinski definition) is 3. The number of halogens is 2. The lowest BCUT2D eigenvalue weighted by molar-refractivity contribution is 0.331. The summed E-state index contributed by atoms with van der Waals surface area (Å²) in [5, 5.41) is 10.4. The molecule has 0 saturated heterocycles. The fourth-order valence-corrected chi connectivity index (χ4v) is 2.45. The molecule has 0 fully saturated rings. The van der Waals surface area contributed by atoms with Gasteiger partial charge in [-0.1, -0.05) is 41.3 Å². The van der Waals surface area contributed by atoms with Crippen LogP contribution in [0, 0.1) is 23.7 Å². The summed E-state index contributed by atoms with van der Waals surface area (Å²) < 4.78 is 10.7. The Morgan fingerprint density at radius 3 is 2.54 bits per heavy atom. The largest absolute Gasteiger partial charge is 0.493 e. The van der Waals surface area contributed by atoms with E-state index >= 15 is 0 Å². The van der Waals surface area contributed by atoms with Crippen LogP contribution in [0.15, 0.2) is 36.4 Å². The minimum Gasteiger partial charge on any atom is -0.493 e. The summed E-state index contributed by atoms with van der Waals surface area (Å²) in [5.74, 6) is 3.19. The topological polar surface area (TPSA) is 42.2 Å². The zero-order chi connectivity index (χ0) is 17.5. The Hall–Kier alpha value is -2.59. The zero-order valence-corrected chi connectivity index (χ0v) is 14.4. The standard InChI is InChI=1S/C19H13Cl2NO2/c1-3-8-24-19-17(21)10-13(11-18(19)23-2)9-15(12-22)14-4-6-16(20)7-5-14/h1,4-7,9-11H,8H2,2H3/b15-9-. The number of allylic oxidation sites excluding steroid dienone is 1. The number of terminal acetylenes is 1. The summed E-state index contributed by atoms with van der Waals surface area (Å²) in [6, 6.07) is 12.6. The minimum atomic E-state index is 0.0828. The van der Waals surface area contributed by atoms with Crippen LogP contribution in [0.2, 0.25) is 10.0 Å². The second-order valence-corrected chi connectivity index (χ2v) is 5.55. The van der Waals surface area contributed by atoms with Crippen LogP contribution in [0.1, 0.15) is 11.1 Å². The molecule has 2 aromatic rings. The molecule has 0 atom stereocenters. The maximum atomic E-state index is 9.41. The molecule has 0 aliphatic rings. The number of nitriles is 1. The van der Waals surface area contributed by atoms with E-state index in [2.05, 4.69) is 12.0 Å². The van der Waals surface area contributed by atoms with Gasteiger partial charge in [0.05, 0.1) is 23.8 Å². The van der Waals surface area contributed by atoms with E-state index in [1.54, 1.807) is 42.5 Å².